The van der Waals surface area contributed by atoms with Crippen molar-refractivity contribution in [1.82, 2.24) is 0 Å². The Morgan fingerprint density at radius 2 is 1.50 bits per heavy atom. The lowest BCUT2D eigenvalue weighted by molar-refractivity contribution is -0.264. The molecule has 0 aromatic heterocycles. The molecule has 0 aliphatic rings. The summed E-state index contributed by atoms with van der Waals surface area (Å²) in [6, 6.07) is 0. The summed E-state index contributed by atoms with van der Waals surface area (Å²) >= 11 is 0. The Morgan fingerprint density at radius 1 is 0.893 bits per heavy atom. The van der Waals surface area contributed by atoms with Gasteiger partial charge in [-0.3, -0.25) is 10.1 Å². The maximum atomic E-state index is 11.2. The summed E-state index contributed by atoms with van der Waals surface area (Å²) in [5.41, 5.74) is 0. The maximum Gasteiger partial charge on any atom is 0.305 e. The van der Waals surface area contributed by atoms with Crippen LogP contribution in [0.4, 0.5) is 0 Å². The van der Waals surface area contributed by atoms with Crippen molar-refractivity contribution in [3.05, 3.63) is 60.8 Å². The van der Waals surface area contributed by atoms with E-state index in [4.69, 9.17) is 9.99 Å². The summed E-state index contributed by atoms with van der Waals surface area (Å²) in [6.07, 6.45) is 28.7. The normalized spacial score (nSPS) is 13.7. The second-order valence-electron chi connectivity index (χ2n) is 6.40. The highest BCUT2D eigenvalue weighted by Gasteiger charge is 2.00. The predicted molar refractivity (Wildman–Crippen MR) is 117 cm³/mol. The van der Waals surface area contributed by atoms with E-state index >= 15 is 0 Å². The molecule has 0 saturated heterocycles. The molecule has 0 aliphatic carbocycles. The summed E-state index contributed by atoms with van der Waals surface area (Å²) < 4.78 is 4.90. The van der Waals surface area contributed by atoms with Gasteiger partial charge in [-0.05, 0) is 58.8 Å². The summed E-state index contributed by atoms with van der Waals surface area (Å²) in [5.74, 6) is -0.0809. The minimum atomic E-state index is -0.259. The van der Waals surface area contributed by atoms with Gasteiger partial charge in [-0.15, -0.1) is 0 Å². The van der Waals surface area contributed by atoms with E-state index in [1.165, 1.54) is 0 Å². The number of allylic oxidation sites excluding steroid dienone is 8. The Labute approximate surface area is 171 Å². The number of hydrogen-bond acceptors (Lipinski definition) is 4. The molecular formula is C24H38O4. The van der Waals surface area contributed by atoms with Crippen LogP contribution in [0.2, 0.25) is 0 Å². The fraction of sp³-hybridized carbons (Fsp3) is 0.542. The van der Waals surface area contributed by atoms with Gasteiger partial charge < -0.3 is 4.74 Å². The Hall–Kier alpha value is -1.91. The molecule has 1 atom stereocenters. The van der Waals surface area contributed by atoms with Crippen molar-refractivity contribution in [3.63, 3.8) is 0 Å². The average molecular weight is 391 g/mol. The highest BCUT2D eigenvalue weighted by atomic mass is 17.1. The van der Waals surface area contributed by atoms with E-state index in [2.05, 4.69) is 47.4 Å². The molecule has 4 heteroatoms. The third kappa shape index (κ3) is 18.9. The first-order valence-electron chi connectivity index (χ1n) is 10.4. The number of hydrogen-bond donors (Lipinski definition) is 1. The molecule has 0 aromatic rings. The first-order chi connectivity index (χ1) is 13.7. The molecule has 0 saturated carbocycles. The van der Waals surface area contributed by atoms with Crippen LogP contribution in [0.25, 0.3) is 0 Å². The maximum absolute atomic E-state index is 11.2. The highest BCUT2D eigenvalue weighted by molar-refractivity contribution is 5.69. The van der Waals surface area contributed by atoms with Crippen LogP contribution >= 0.6 is 0 Å². The zero-order chi connectivity index (χ0) is 20.7. The molecule has 4 nitrogen and oxygen atoms in total. The molecule has 0 bridgehead atoms. The Bertz CT molecular complexity index is 501. The molecule has 0 fully saturated rings. The standard InChI is InChI=1S/C24H38O4/c1-3-20-23(28-26)21-18-16-14-12-10-8-6-5-7-9-11-13-15-17-19-22-24(25)27-4-2/h3,5-6,9-12,16,18,20,23,26H,4,7-8,13-15,17,19,21-22H2,1-2H3/b6-5-,11-9-,12-10-,18-16-,20-3+. The van der Waals surface area contributed by atoms with Crippen molar-refractivity contribution < 1.29 is 19.7 Å². The summed E-state index contributed by atoms with van der Waals surface area (Å²) in [4.78, 5) is 15.5. The van der Waals surface area contributed by atoms with E-state index in [0.29, 0.717) is 19.4 Å². The molecule has 0 heterocycles. The van der Waals surface area contributed by atoms with Crippen LogP contribution in [-0.4, -0.2) is 23.9 Å². The zero-order valence-electron chi connectivity index (χ0n) is 17.6. The van der Waals surface area contributed by atoms with Crippen LogP contribution in [0, 0.1) is 0 Å². The van der Waals surface area contributed by atoms with Gasteiger partial charge in [0.15, 0.2) is 0 Å². The van der Waals surface area contributed by atoms with Crippen LogP contribution in [0.15, 0.2) is 60.8 Å². The molecule has 158 valence electrons. The minimum Gasteiger partial charge on any atom is -0.466 e. The molecule has 0 radical (unpaired) electrons. The van der Waals surface area contributed by atoms with Crippen molar-refractivity contribution in [3.8, 4) is 0 Å². The number of carbonyl (C=O) groups is 1. The van der Waals surface area contributed by atoms with E-state index in [1.54, 1.807) is 0 Å². The largest absolute Gasteiger partial charge is 0.466 e. The number of esters is 1. The van der Waals surface area contributed by atoms with Gasteiger partial charge >= 0.3 is 5.97 Å². The fourth-order valence-corrected chi connectivity index (χ4v) is 2.47. The zero-order valence-corrected chi connectivity index (χ0v) is 17.6. The van der Waals surface area contributed by atoms with Crippen molar-refractivity contribution in [2.45, 2.75) is 77.7 Å². The summed E-state index contributed by atoms with van der Waals surface area (Å²) in [5, 5.41) is 8.69. The van der Waals surface area contributed by atoms with Crippen LogP contribution in [0.5, 0.6) is 0 Å². The van der Waals surface area contributed by atoms with Crippen LogP contribution < -0.4 is 0 Å². The monoisotopic (exact) mass is 390 g/mol. The molecule has 1 unspecified atom stereocenters. The highest BCUT2D eigenvalue weighted by Crippen LogP contribution is 2.05. The van der Waals surface area contributed by atoms with Gasteiger partial charge in [-0.2, -0.15) is 0 Å². The Balaban J connectivity index is 3.55. The van der Waals surface area contributed by atoms with Gasteiger partial charge in [0, 0.05) is 6.42 Å². The van der Waals surface area contributed by atoms with E-state index in [9.17, 15) is 4.79 Å². The fourth-order valence-electron chi connectivity index (χ4n) is 2.47. The lowest BCUT2D eigenvalue weighted by Crippen LogP contribution is -2.04. The molecule has 0 aliphatic heterocycles. The van der Waals surface area contributed by atoms with Crippen molar-refractivity contribution in [2.75, 3.05) is 6.61 Å². The second kappa shape index (κ2) is 21.4. The molecule has 0 spiro atoms. The molecule has 0 amide bonds. The predicted octanol–water partition coefficient (Wildman–Crippen LogP) is 6.72. The molecule has 0 rings (SSSR count). The van der Waals surface area contributed by atoms with Gasteiger partial charge in [0.1, 0.15) is 6.10 Å². The number of unbranched alkanes of at least 4 members (excludes halogenated alkanes) is 3. The lowest BCUT2D eigenvalue weighted by atomic mass is 10.1. The Morgan fingerprint density at radius 3 is 2.07 bits per heavy atom. The summed E-state index contributed by atoms with van der Waals surface area (Å²) in [7, 11) is 0. The average Bonchev–Trinajstić information content (AvgIpc) is 2.69. The van der Waals surface area contributed by atoms with Crippen LogP contribution in [0.3, 0.4) is 0 Å². The number of carbonyl (C=O) groups excluding carboxylic acids is 1. The third-order valence-corrected chi connectivity index (χ3v) is 3.95. The third-order valence-electron chi connectivity index (χ3n) is 3.95. The first kappa shape index (κ1) is 26.1. The van der Waals surface area contributed by atoms with Crippen LogP contribution in [-0.2, 0) is 14.4 Å². The van der Waals surface area contributed by atoms with E-state index in [0.717, 1.165) is 44.9 Å². The van der Waals surface area contributed by atoms with Gasteiger partial charge in [0.25, 0.3) is 0 Å². The first-order valence-corrected chi connectivity index (χ1v) is 10.4. The van der Waals surface area contributed by atoms with E-state index in [-0.39, 0.29) is 12.1 Å². The van der Waals surface area contributed by atoms with Gasteiger partial charge in [-0.1, -0.05) is 67.2 Å². The van der Waals surface area contributed by atoms with Crippen molar-refractivity contribution >= 4 is 5.97 Å². The Kier molecular flexibility index (Phi) is 19.9. The minimum absolute atomic E-state index is 0.0809. The molecule has 28 heavy (non-hydrogen) atoms. The number of ether oxygens (including phenoxy) is 1. The van der Waals surface area contributed by atoms with E-state index < -0.39 is 0 Å². The molecule has 1 N–H and O–H groups in total. The lowest BCUT2D eigenvalue weighted by Gasteiger charge is -2.03. The topological polar surface area (TPSA) is 55.8 Å². The number of rotatable bonds is 17. The van der Waals surface area contributed by atoms with Gasteiger partial charge in [-0.25, -0.2) is 4.89 Å². The summed E-state index contributed by atoms with van der Waals surface area (Å²) in [6.45, 7) is 4.21. The second-order valence-corrected chi connectivity index (χ2v) is 6.40. The van der Waals surface area contributed by atoms with Crippen LogP contribution in [0.1, 0.15) is 71.6 Å². The van der Waals surface area contributed by atoms with Crippen molar-refractivity contribution in [2.24, 2.45) is 0 Å². The smallest absolute Gasteiger partial charge is 0.305 e. The van der Waals surface area contributed by atoms with Gasteiger partial charge in [0.2, 0.25) is 0 Å². The SMILES string of the molecule is C/C=C/C(C/C=C\C/C=C\C/C=C\C/C=C\CCCCCC(=O)OCC)OO. The van der Waals surface area contributed by atoms with Gasteiger partial charge in [0.05, 0.1) is 6.61 Å². The van der Waals surface area contributed by atoms with Crippen molar-refractivity contribution in [1.29, 1.82) is 0 Å². The van der Waals surface area contributed by atoms with E-state index in [1.807, 2.05) is 32.1 Å². The molecular weight excluding hydrogens is 352 g/mol. The molecule has 0 aromatic carbocycles. The quantitative estimate of drug-likeness (QED) is 0.0984.